The summed E-state index contributed by atoms with van der Waals surface area (Å²) in [6.45, 7) is 5.84. The maximum absolute atomic E-state index is 12.9. The third kappa shape index (κ3) is 3.08. The minimum absolute atomic E-state index is 0.232. The van der Waals surface area contributed by atoms with E-state index in [-0.39, 0.29) is 11.6 Å². The van der Waals surface area contributed by atoms with Crippen molar-refractivity contribution in [2.24, 2.45) is 5.41 Å². The van der Waals surface area contributed by atoms with Gasteiger partial charge in [-0.05, 0) is 31.4 Å². The smallest absolute Gasteiger partial charge is 0.291 e. The highest BCUT2D eigenvalue weighted by molar-refractivity contribution is 6.38. The number of imidazole rings is 1. The van der Waals surface area contributed by atoms with Gasteiger partial charge in [-0.15, -0.1) is 0 Å². The second-order valence-electron chi connectivity index (χ2n) is 7.19. The Hall–Kier alpha value is -2.50. The fourth-order valence-electron chi connectivity index (χ4n) is 3.09. The fraction of sp³-hybridized carbons (Fsp3) is 0.474. The van der Waals surface area contributed by atoms with Crippen LogP contribution in [-0.2, 0) is 9.59 Å². The van der Waals surface area contributed by atoms with Crippen LogP contribution in [0.15, 0.2) is 24.3 Å². The molecule has 1 aromatic carbocycles. The molecule has 1 atom stereocenters. The highest BCUT2D eigenvalue weighted by atomic mass is 16.2. The summed E-state index contributed by atoms with van der Waals surface area (Å²) < 4.78 is 0. The first-order valence-corrected chi connectivity index (χ1v) is 8.69. The van der Waals surface area contributed by atoms with Crippen LogP contribution in [-0.4, -0.2) is 44.9 Å². The van der Waals surface area contributed by atoms with E-state index in [1.165, 1.54) is 4.90 Å². The molecule has 1 saturated heterocycles. The number of H-pyrrole nitrogens is 1. The molecule has 0 spiro atoms. The van der Waals surface area contributed by atoms with Crippen LogP contribution < -0.4 is 0 Å². The van der Waals surface area contributed by atoms with Crippen molar-refractivity contribution in [2.45, 2.75) is 46.1 Å². The number of carbonyl (C=O) groups excluding carboxylic acids is 3. The molecule has 2 aromatic rings. The van der Waals surface area contributed by atoms with Gasteiger partial charge in [0.25, 0.3) is 5.91 Å². The first kappa shape index (κ1) is 17.3. The standard InChI is InChI=1S/C19H23N3O3/c1-4-19(2,3)16(24)18(25)22-11-7-10-14(22)15(23)17-20-12-8-5-6-9-13(12)21-17/h5-6,8-9,14H,4,7,10-11H2,1-3H3,(H,20,21). The Kier molecular flexibility index (Phi) is 4.45. The van der Waals surface area contributed by atoms with Gasteiger partial charge in [0.05, 0.1) is 17.1 Å². The molecular formula is C19H23N3O3. The molecule has 0 bridgehead atoms. The van der Waals surface area contributed by atoms with E-state index < -0.39 is 23.1 Å². The number of hydrogen-bond acceptors (Lipinski definition) is 4. The van der Waals surface area contributed by atoms with E-state index in [1.807, 2.05) is 31.2 Å². The number of Topliss-reactive ketones (excluding diaryl/α,β-unsaturated/α-hetero) is 2. The minimum atomic E-state index is -0.716. The molecule has 1 amide bonds. The van der Waals surface area contributed by atoms with E-state index in [0.717, 1.165) is 5.52 Å². The van der Waals surface area contributed by atoms with Crippen LogP contribution in [0.2, 0.25) is 0 Å². The predicted molar refractivity (Wildman–Crippen MR) is 94.2 cm³/mol. The van der Waals surface area contributed by atoms with Crippen LogP contribution in [0.4, 0.5) is 0 Å². The van der Waals surface area contributed by atoms with Gasteiger partial charge >= 0.3 is 0 Å². The van der Waals surface area contributed by atoms with Crippen LogP contribution in [0.3, 0.4) is 0 Å². The number of ketones is 2. The summed E-state index contributed by atoms with van der Waals surface area (Å²) in [6, 6.07) is 6.78. The Bertz CT molecular complexity index is 804. The molecule has 1 aliphatic rings. The number of amides is 1. The molecule has 0 aliphatic carbocycles. The van der Waals surface area contributed by atoms with Gasteiger partial charge in [-0.3, -0.25) is 14.4 Å². The number of fused-ring (bicyclic) bond motifs is 1. The molecule has 1 N–H and O–H groups in total. The van der Waals surface area contributed by atoms with Crippen molar-refractivity contribution < 1.29 is 14.4 Å². The molecule has 0 saturated carbocycles. The second-order valence-corrected chi connectivity index (χ2v) is 7.19. The Labute approximate surface area is 146 Å². The summed E-state index contributed by atoms with van der Waals surface area (Å²) in [4.78, 5) is 46.8. The number of nitrogens with one attached hydrogen (secondary N) is 1. The molecule has 0 radical (unpaired) electrons. The van der Waals surface area contributed by atoms with Crippen molar-refractivity contribution >= 4 is 28.5 Å². The van der Waals surface area contributed by atoms with Gasteiger partial charge in [0.15, 0.2) is 5.82 Å². The zero-order chi connectivity index (χ0) is 18.2. The molecule has 25 heavy (non-hydrogen) atoms. The number of likely N-dealkylation sites (tertiary alicyclic amines) is 1. The average molecular weight is 341 g/mol. The van der Waals surface area contributed by atoms with E-state index in [9.17, 15) is 14.4 Å². The molecule has 6 heteroatoms. The number of aromatic nitrogens is 2. The lowest BCUT2D eigenvalue weighted by Gasteiger charge is -2.27. The third-order valence-corrected chi connectivity index (χ3v) is 5.13. The van der Waals surface area contributed by atoms with E-state index in [0.29, 0.717) is 31.3 Å². The highest BCUT2D eigenvalue weighted by Gasteiger charge is 2.41. The molecular weight excluding hydrogens is 318 g/mol. The normalized spacial score (nSPS) is 17.9. The van der Waals surface area contributed by atoms with Gasteiger partial charge in [-0.2, -0.15) is 0 Å². The quantitative estimate of drug-likeness (QED) is 0.669. The highest BCUT2D eigenvalue weighted by Crippen LogP contribution is 2.27. The van der Waals surface area contributed by atoms with Crippen molar-refractivity contribution in [1.29, 1.82) is 0 Å². The Morgan fingerprint density at radius 1 is 1.28 bits per heavy atom. The van der Waals surface area contributed by atoms with E-state index >= 15 is 0 Å². The number of hydrogen-bond donors (Lipinski definition) is 1. The van der Waals surface area contributed by atoms with Gasteiger partial charge in [-0.1, -0.05) is 32.9 Å². The number of benzene rings is 1. The Morgan fingerprint density at radius 2 is 2.00 bits per heavy atom. The van der Waals surface area contributed by atoms with Crippen molar-refractivity contribution in [1.82, 2.24) is 14.9 Å². The number of rotatable bonds is 5. The van der Waals surface area contributed by atoms with Gasteiger partial charge in [0.2, 0.25) is 11.6 Å². The molecule has 1 aromatic heterocycles. The van der Waals surface area contributed by atoms with Crippen LogP contribution in [0.25, 0.3) is 11.0 Å². The Balaban J connectivity index is 1.84. The summed E-state index contributed by atoms with van der Waals surface area (Å²) >= 11 is 0. The molecule has 132 valence electrons. The average Bonchev–Trinajstić information content (AvgIpc) is 3.26. The summed E-state index contributed by atoms with van der Waals surface area (Å²) in [6.07, 6.45) is 1.84. The Morgan fingerprint density at radius 3 is 2.68 bits per heavy atom. The number of nitrogens with zero attached hydrogens (tertiary/aromatic N) is 2. The molecule has 3 rings (SSSR count). The first-order chi connectivity index (χ1) is 11.8. The number of carbonyl (C=O) groups is 3. The summed E-state index contributed by atoms with van der Waals surface area (Å²) in [5.41, 5.74) is 0.780. The van der Waals surface area contributed by atoms with E-state index in [4.69, 9.17) is 0 Å². The lowest BCUT2D eigenvalue weighted by Crippen LogP contribution is -2.47. The van der Waals surface area contributed by atoms with E-state index in [2.05, 4.69) is 9.97 Å². The van der Waals surface area contributed by atoms with Gasteiger partial charge in [-0.25, -0.2) is 4.98 Å². The molecule has 6 nitrogen and oxygen atoms in total. The van der Waals surface area contributed by atoms with Crippen LogP contribution in [0, 0.1) is 5.41 Å². The van der Waals surface area contributed by atoms with Crippen molar-refractivity contribution in [3.05, 3.63) is 30.1 Å². The molecule has 1 aliphatic heterocycles. The maximum Gasteiger partial charge on any atom is 0.291 e. The number of aromatic amines is 1. The van der Waals surface area contributed by atoms with Gasteiger partial charge in [0, 0.05) is 12.0 Å². The summed E-state index contributed by atoms with van der Waals surface area (Å²) in [5, 5.41) is 0. The maximum atomic E-state index is 12.9. The first-order valence-electron chi connectivity index (χ1n) is 8.69. The lowest BCUT2D eigenvalue weighted by atomic mass is 9.84. The predicted octanol–water partition coefficient (Wildman–Crippen LogP) is 2.74. The molecule has 1 fully saturated rings. The van der Waals surface area contributed by atoms with E-state index in [1.54, 1.807) is 13.8 Å². The third-order valence-electron chi connectivity index (χ3n) is 5.13. The van der Waals surface area contributed by atoms with Crippen molar-refractivity contribution in [2.75, 3.05) is 6.54 Å². The second kappa shape index (κ2) is 6.43. The zero-order valence-corrected chi connectivity index (χ0v) is 14.8. The monoisotopic (exact) mass is 341 g/mol. The zero-order valence-electron chi connectivity index (χ0n) is 14.8. The van der Waals surface area contributed by atoms with Crippen LogP contribution in [0.5, 0.6) is 0 Å². The van der Waals surface area contributed by atoms with Crippen molar-refractivity contribution in [3.8, 4) is 0 Å². The lowest BCUT2D eigenvalue weighted by molar-refractivity contribution is -0.149. The molecule has 2 heterocycles. The topological polar surface area (TPSA) is 83.1 Å². The largest absolute Gasteiger partial charge is 0.335 e. The summed E-state index contributed by atoms with van der Waals surface area (Å²) in [5.74, 6) is -0.977. The number of para-hydroxylation sites is 2. The van der Waals surface area contributed by atoms with Crippen LogP contribution in [0.1, 0.15) is 50.7 Å². The fourth-order valence-corrected chi connectivity index (χ4v) is 3.09. The van der Waals surface area contributed by atoms with Gasteiger partial charge < -0.3 is 9.88 Å². The SMILES string of the molecule is CCC(C)(C)C(=O)C(=O)N1CCCC1C(=O)c1nc2ccccc2[nH]1. The molecule has 1 unspecified atom stereocenters. The minimum Gasteiger partial charge on any atom is -0.335 e. The summed E-state index contributed by atoms with van der Waals surface area (Å²) in [7, 11) is 0. The van der Waals surface area contributed by atoms with Crippen LogP contribution >= 0.6 is 0 Å². The van der Waals surface area contributed by atoms with Crippen molar-refractivity contribution in [3.63, 3.8) is 0 Å². The van der Waals surface area contributed by atoms with Gasteiger partial charge in [0.1, 0.15) is 0 Å².